The molecule has 0 amide bonds. The minimum Gasteiger partial charge on any atom is -0.508 e. The average Bonchev–Trinajstić information content (AvgIpc) is 2.37. The highest BCUT2D eigenvalue weighted by Gasteiger charge is 2.00. The van der Waals surface area contributed by atoms with E-state index in [2.05, 4.69) is 0 Å². The van der Waals surface area contributed by atoms with Crippen molar-refractivity contribution in [1.82, 2.24) is 0 Å². The fraction of sp³-hybridized carbons (Fsp3) is 0.357. The van der Waals surface area contributed by atoms with E-state index in [9.17, 15) is 4.79 Å². The number of hydrogen-bond acceptors (Lipinski definition) is 4. The Morgan fingerprint density at radius 2 is 1.94 bits per heavy atom. The molecule has 0 aromatic heterocycles. The number of ether oxygens (including phenoxy) is 1. The van der Waals surface area contributed by atoms with Crippen molar-refractivity contribution in [1.29, 1.82) is 0 Å². The van der Waals surface area contributed by atoms with E-state index in [4.69, 9.17) is 14.9 Å². The largest absolute Gasteiger partial charge is 0.508 e. The van der Waals surface area contributed by atoms with Crippen LogP contribution in [0.5, 0.6) is 5.75 Å². The lowest BCUT2D eigenvalue weighted by Crippen LogP contribution is -2.04. The smallest absolute Gasteiger partial charge is 0.306 e. The molecule has 98 valence electrons. The van der Waals surface area contributed by atoms with Crippen LogP contribution in [0.15, 0.2) is 30.3 Å². The van der Waals surface area contributed by atoms with Gasteiger partial charge in [-0.1, -0.05) is 18.2 Å². The number of benzene rings is 1. The van der Waals surface area contributed by atoms with Gasteiger partial charge in [0, 0.05) is 13.0 Å². The molecule has 0 atom stereocenters. The van der Waals surface area contributed by atoms with Gasteiger partial charge in [0.05, 0.1) is 0 Å². The normalized spacial score (nSPS) is 10.7. The first-order valence-electron chi connectivity index (χ1n) is 5.94. The Morgan fingerprint density at radius 3 is 2.61 bits per heavy atom. The topological polar surface area (TPSA) is 66.8 Å². The Hall–Kier alpha value is -1.81. The molecule has 0 spiro atoms. The number of phenols is 1. The zero-order valence-electron chi connectivity index (χ0n) is 10.2. The summed E-state index contributed by atoms with van der Waals surface area (Å²) in [5.74, 6) is -0.0266. The van der Waals surface area contributed by atoms with E-state index in [0.717, 1.165) is 5.56 Å². The molecule has 0 unspecified atom stereocenters. The van der Waals surface area contributed by atoms with Crippen LogP contribution in [0.25, 0.3) is 6.08 Å². The highest BCUT2D eigenvalue weighted by molar-refractivity contribution is 5.69. The SMILES string of the molecule is O=C(CCCCO)OC/C=C/c1ccc(O)cc1. The highest BCUT2D eigenvalue weighted by atomic mass is 16.5. The second-order valence-corrected chi connectivity index (χ2v) is 3.86. The predicted molar refractivity (Wildman–Crippen MR) is 69.0 cm³/mol. The summed E-state index contributed by atoms with van der Waals surface area (Å²) in [5, 5.41) is 17.7. The summed E-state index contributed by atoms with van der Waals surface area (Å²) in [7, 11) is 0. The number of rotatable bonds is 7. The zero-order valence-corrected chi connectivity index (χ0v) is 10.2. The minimum atomic E-state index is -0.251. The van der Waals surface area contributed by atoms with Gasteiger partial charge in [-0.3, -0.25) is 4.79 Å². The van der Waals surface area contributed by atoms with Gasteiger partial charge in [-0.2, -0.15) is 0 Å². The maximum absolute atomic E-state index is 11.2. The molecule has 0 aliphatic heterocycles. The fourth-order valence-electron chi connectivity index (χ4n) is 1.36. The fourth-order valence-corrected chi connectivity index (χ4v) is 1.36. The summed E-state index contributed by atoms with van der Waals surface area (Å²) in [5.41, 5.74) is 0.934. The van der Waals surface area contributed by atoms with Crippen LogP contribution in [0.4, 0.5) is 0 Å². The van der Waals surface area contributed by atoms with Crippen molar-refractivity contribution in [3.8, 4) is 5.75 Å². The summed E-state index contributed by atoms with van der Waals surface area (Å²) < 4.78 is 4.98. The lowest BCUT2D eigenvalue weighted by molar-refractivity contribution is -0.142. The number of carbonyl (C=O) groups is 1. The Bertz CT molecular complexity index is 381. The van der Waals surface area contributed by atoms with E-state index in [0.29, 0.717) is 19.3 Å². The van der Waals surface area contributed by atoms with E-state index < -0.39 is 0 Å². The van der Waals surface area contributed by atoms with Gasteiger partial charge < -0.3 is 14.9 Å². The van der Waals surface area contributed by atoms with Crippen molar-refractivity contribution in [2.75, 3.05) is 13.2 Å². The monoisotopic (exact) mass is 250 g/mol. The van der Waals surface area contributed by atoms with Crippen molar-refractivity contribution >= 4 is 12.0 Å². The number of hydrogen-bond donors (Lipinski definition) is 2. The zero-order chi connectivity index (χ0) is 13.2. The Kier molecular flexibility index (Phi) is 6.58. The summed E-state index contributed by atoms with van der Waals surface area (Å²) in [4.78, 5) is 11.2. The molecule has 4 nitrogen and oxygen atoms in total. The number of phenolic OH excluding ortho intramolecular Hbond substituents is 1. The standard InChI is InChI=1S/C14H18O4/c15-10-2-1-5-14(17)18-11-3-4-12-6-8-13(16)9-7-12/h3-4,6-9,15-16H,1-2,5,10-11H2/b4-3+. The molecule has 0 radical (unpaired) electrons. The molecule has 0 saturated carbocycles. The molecule has 18 heavy (non-hydrogen) atoms. The number of unbranched alkanes of at least 4 members (excludes halogenated alkanes) is 1. The Balaban J connectivity index is 2.20. The van der Waals surface area contributed by atoms with Gasteiger partial charge in [-0.05, 0) is 36.6 Å². The lowest BCUT2D eigenvalue weighted by atomic mass is 10.2. The van der Waals surface area contributed by atoms with Crippen LogP contribution in [0, 0.1) is 0 Å². The maximum atomic E-state index is 11.2. The third-order valence-corrected chi connectivity index (χ3v) is 2.33. The van der Waals surface area contributed by atoms with E-state index in [1.807, 2.05) is 6.08 Å². The summed E-state index contributed by atoms with van der Waals surface area (Å²) in [6, 6.07) is 6.74. The van der Waals surface area contributed by atoms with Crippen LogP contribution >= 0.6 is 0 Å². The van der Waals surface area contributed by atoms with Crippen molar-refractivity contribution in [3.63, 3.8) is 0 Å². The third kappa shape index (κ3) is 6.06. The van der Waals surface area contributed by atoms with Crippen LogP contribution in [-0.2, 0) is 9.53 Å². The van der Waals surface area contributed by atoms with Gasteiger partial charge in [0.1, 0.15) is 12.4 Å². The number of aliphatic hydroxyl groups excluding tert-OH is 1. The molecule has 1 rings (SSSR count). The van der Waals surface area contributed by atoms with Gasteiger partial charge in [-0.15, -0.1) is 0 Å². The van der Waals surface area contributed by atoms with Crippen LogP contribution in [-0.4, -0.2) is 29.4 Å². The van der Waals surface area contributed by atoms with E-state index in [-0.39, 0.29) is 24.9 Å². The molecule has 2 N–H and O–H groups in total. The van der Waals surface area contributed by atoms with E-state index >= 15 is 0 Å². The quantitative estimate of drug-likeness (QED) is 0.574. The molecular weight excluding hydrogens is 232 g/mol. The number of aliphatic hydroxyl groups is 1. The lowest BCUT2D eigenvalue weighted by Gasteiger charge is -2.00. The summed E-state index contributed by atoms with van der Waals surface area (Å²) in [6.45, 7) is 0.340. The molecule has 0 saturated heterocycles. The predicted octanol–water partition coefficient (Wildman–Crippen LogP) is 2.11. The van der Waals surface area contributed by atoms with Gasteiger partial charge in [0.15, 0.2) is 0 Å². The first kappa shape index (κ1) is 14.3. The minimum absolute atomic E-state index is 0.105. The molecule has 4 heteroatoms. The maximum Gasteiger partial charge on any atom is 0.306 e. The van der Waals surface area contributed by atoms with Gasteiger partial charge in [0.25, 0.3) is 0 Å². The van der Waals surface area contributed by atoms with Crippen LogP contribution in [0.3, 0.4) is 0 Å². The molecular formula is C14H18O4. The van der Waals surface area contributed by atoms with Gasteiger partial charge >= 0.3 is 5.97 Å². The average molecular weight is 250 g/mol. The van der Waals surface area contributed by atoms with Gasteiger partial charge in [0.2, 0.25) is 0 Å². The molecule has 0 fully saturated rings. The van der Waals surface area contributed by atoms with Crippen LogP contribution < -0.4 is 0 Å². The molecule has 0 bridgehead atoms. The number of esters is 1. The van der Waals surface area contributed by atoms with Crippen LogP contribution in [0.1, 0.15) is 24.8 Å². The van der Waals surface area contributed by atoms with Gasteiger partial charge in [-0.25, -0.2) is 0 Å². The Labute approximate surface area is 107 Å². The number of aromatic hydroxyl groups is 1. The molecule has 1 aromatic rings. The van der Waals surface area contributed by atoms with Crippen molar-refractivity contribution in [2.24, 2.45) is 0 Å². The van der Waals surface area contributed by atoms with Crippen molar-refractivity contribution in [2.45, 2.75) is 19.3 Å². The van der Waals surface area contributed by atoms with E-state index in [1.165, 1.54) is 0 Å². The first-order valence-corrected chi connectivity index (χ1v) is 5.94. The number of carbonyl (C=O) groups excluding carboxylic acids is 1. The second kappa shape index (κ2) is 8.31. The first-order chi connectivity index (χ1) is 8.72. The van der Waals surface area contributed by atoms with Crippen LogP contribution in [0.2, 0.25) is 0 Å². The van der Waals surface area contributed by atoms with Crippen molar-refractivity contribution in [3.05, 3.63) is 35.9 Å². The highest BCUT2D eigenvalue weighted by Crippen LogP contribution is 2.10. The Morgan fingerprint density at radius 1 is 1.22 bits per heavy atom. The summed E-state index contributed by atoms with van der Waals surface area (Å²) in [6.07, 6.45) is 5.18. The molecule has 0 aliphatic carbocycles. The summed E-state index contributed by atoms with van der Waals surface area (Å²) >= 11 is 0. The molecule has 0 heterocycles. The third-order valence-electron chi connectivity index (χ3n) is 2.33. The molecule has 1 aromatic carbocycles. The molecule has 0 aliphatic rings. The second-order valence-electron chi connectivity index (χ2n) is 3.86. The van der Waals surface area contributed by atoms with Crippen molar-refractivity contribution < 1.29 is 19.7 Å². The van der Waals surface area contributed by atoms with E-state index in [1.54, 1.807) is 30.3 Å².